The molecule has 0 amide bonds. The number of hydrogen-bond acceptors (Lipinski definition) is 5. The average molecular weight is 180 g/mol. The zero-order valence-corrected chi connectivity index (χ0v) is 7.45. The van der Waals surface area contributed by atoms with Crippen LogP contribution in [0.1, 0.15) is 0 Å². The van der Waals surface area contributed by atoms with E-state index in [1.807, 2.05) is 7.05 Å². The predicted octanol–water partition coefficient (Wildman–Crippen LogP) is 1.11. The topological polar surface area (TPSA) is 66.4 Å². The highest BCUT2D eigenvalue weighted by Crippen LogP contribution is 2.11. The van der Waals surface area contributed by atoms with Gasteiger partial charge in [-0.2, -0.15) is 0 Å². The normalized spacial score (nSPS) is 9.62. The van der Waals surface area contributed by atoms with Gasteiger partial charge >= 0.3 is 0 Å². The molecule has 0 saturated carbocycles. The van der Waals surface area contributed by atoms with Gasteiger partial charge in [0.2, 0.25) is 0 Å². The summed E-state index contributed by atoms with van der Waals surface area (Å²) in [6.07, 6.45) is 1.44. The number of nitroso groups, excluding NO2 is 1. The van der Waals surface area contributed by atoms with Crippen molar-refractivity contribution in [2.24, 2.45) is 5.18 Å². The van der Waals surface area contributed by atoms with E-state index in [4.69, 9.17) is 0 Å². The maximum Gasteiger partial charge on any atom is 0.126 e. The van der Waals surface area contributed by atoms with Crippen LogP contribution in [-0.4, -0.2) is 25.1 Å². The van der Waals surface area contributed by atoms with Crippen LogP contribution in [0.2, 0.25) is 0 Å². The van der Waals surface area contributed by atoms with Crippen molar-refractivity contribution < 1.29 is 0 Å². The van der Waals surface area contributed by atoms with E-state index in [9.17, 15) is 4.91 Å². The Balaban J connectivity index is 2.44. The van der Waals surface area contributed by atoms with E-state index in [-0.39, 0.29) is 0 Å². The lowest BCUT2D eigenvalue weighted by molar-refractivity contribution is 0.821. The van der Waals surface area contributed by atoms with E-state index >= 15 is 0 Å². The number of likely N-dealkylation sites (N-methyl/N-ethyl adjacent to an activating group) is 1. The van der Waals surface area contributed by atoms with Gasteiger partial charge in [-0.15, -0.1) is 4.91 Å². The molecule has 13 heavy (non-hydrogen) atoms. The van der Waals surface area contributed by atoms with Crippen molar-refractivity contribution in [1.29, 1.82) is 0 Å². The summed E-state index contributed by atoms with van der Waals surface area (Å²) >= 11 is 0. The summed E-state index contributed by atoms with van der Waals surface area (Å²) in [7, 11) is 1.88. The second kappa shape index (κ2) is 5.21. The van der Waals surface area contributed by atoms with Gasteiger partial charge in [-0.25, -0.2) is 4.98 Å². The Labute approximate surface area is 76.5 Å². The molecule has 5 heteroatoms. The molecule has 0 bridgehead atoms. The molecule has 0 atom stereocenters. The van der Waals surface area contributed by atoms with Gasteiger partial charge in [0, 0.05) is 13.1 Å². The lowest BCUT2D eigenvalue weighted by Gasteiger charge is -2.03. The Hall–Kier alpha value is -1.49. The number of pyridine rings is 1. The zero-order valence-electron chi connectivity index (χ0n) is 7.45. The van der Waals surface area contributed by atoms with Gasteiger partial charge in [0.05, 0.1) is 6.20 Å². The van der Waals surface area contributed by atoms with Crippen LogP contribution in [0.15, 0.2) is 23.5 Å². The van der Waals surface area contributed by atoms with Gasteiger partial charge in [-0.05, 0) is 24.4 Å². The first kappa shape index (κ1) is 9.60. The molecule has 0 aromatic carbocycles. The number of rotatable bonds is 5. The Kier molecular flexibility index (Phi) is 3.84. The molecule has 1 aromatic heterocycles. The third kappa shape index (κ3) is 3.16. The molecule has 0 radical (unpaired) electrons. The molecule has 1 heterocycles. The summed E-state index contributed by atoms with van der Waals surface area (Å²) in [5.41, 5.74) is 0.346. The smallest absolute Gasteiger partial charge is 0.126 e. The second-order valence-corrected chi connectivity index (χ2v) is 2.52. The van der Waals surface area contributed by atoms with Crippen LogP contribution in [0.5, 0.6) is 0 Å². The Morgan fingerprint density at radius 3 is 2.85 bits per heavy atom. The van der Waals surface area contributed by atoms with Crippen LogP contribution >= 0.6 is 0 Å². The molecule has 0 aliphatic rings. The minimum absolute atomic E-state index is 0.346. The van der Waals surface area contributed by atoms with Crippen molar-refractivity contribution in [3.05, 3.63) is 23.2 Å². The lowest BCUT2D eigenvalue weighted by Crippen LogP contribution is -2.18. The monoisotopic (exact) mass is 180 g/mol. The van der Waals surface area contributed by atoms with E-state index in [1.54, 1.807) is 12.1 Å². The van der Waals surface area contributed by atoms with Crippen molar-refractivity contribution in [2.45, 2.75) is 0 Å². The van der Waals surface area contributed by atoms with E-state index in [0.29, 0.717) is 5.69 Å². The van der Waals surface area contributed by atoms with Gasteiger partial charge in [-0.1, -0.05) is 0 Å². The number of aromatic nitrogens is 1. The first-order chi connectivity index (χ1) is 6.36. The second-order valence-electron chi connectivity index (χ2n) is 2.52. The van der Waals surface area contributed by atoms with Crippen molar-refractivity contribution >= 4 is 11.5 Å². The van der Waals surface area contributed by atoms with Gasteiger partial charge in [0.25, 0.3) is 0 Å². The molecule has 0 aliphatic carbocycles. The summed E-state index contributed by atoms with van der Waals surface area (Å²) in [4.78, 5) is 14.0. The quantitative estimate of drug-likeness (QED) is 0.526. The first-order valence-electron chi connectivity index (χ1n) is 4.04. The predicted molar refractivity (Wildman–Crippen MR) is 52.1 cm³/mol. The fourth-order valence-corrected chi connectivity index (χ4v) is 0.860. The number of hydrogen-bond donors (Lipinski definition) is 2. The Bertz CT molecular complexity index is 259. The number of anilines is 1. The minimum Gasteiger partial charge on any atom is -0.369 e. The number of nitrogens with zero attached hydrogens (tertiary/aromatic N) is 2. The van der Waals surface area contributed by atoms with Gasteiger partial charge in [-0.3, -0.25) is 0 Å². The standard InChI is InChI=1S/C8H12N4O/c1-9-4-5-10-8-3-2-7(12-13)6-11-8/h2-3,6,9H,4-5H2,1H3,(H,10,11). The van der Waals surface area contributed by atoms with Crippen LogP contribution in [0.3, 0.4) is 0 Å². The van der Waals surface area contributed by atoms with Crippen LogP contribution < -0.4 is 10.6 Å². The lowest BCUT2D eigenvalue weighted by atomic mass is 10.4. The molecule has 0 fully saturated rings. The number of nitrogens with one attached hydrogen (secondary N) is 2. The highest BCUT2D eigenvalue weighted by molar-refractivity contribution is 5.42. The third-order valence-electron chi connectivity index (χ3n) is 1.53. The summed E-state index contributed by atoms with van der Waals surface area (Å²) < 4.78 is 0. The van der Waals surface area contributed by atoms with Crippen molar-refractivity contribution in [3.8, 4) is 0 Å². The first-order valence-corrected chi connectivity index (χ1v) is 4.04. The molecule has 0 unspecified atom stereocenters. The largest absolute Gasteiger partial charge is 0.369 e. The molecular formula is C8H12N4O. The third-order valence-corrected chi connectivity index (χ3v) is 1.53. The summed E-state index contributed by atoms with van der Waals surface area (Å²) in [5.74, 6) is 0.752. The van der Waals surface area contributed by atoms with Crippen LogP contribution in [-0.2, 0) is 0 Å². The molecule has 2 N–H and O–H groups in total. The van der Waals surface area contributed by atoms with E-state index in [0.717, 1.165) is 18.9 Å². The van der Waals surface area contributed by atoms with E-state index in [2.05, 4.69) is 20.8 Å². The van der Waals surface area contributed by atoms with E-state index in [1.165, 1.54) is 6.20 Å². The summed E-state index contributed by atoms with van der Waals surface area (Å²) in [6.45, 7) is 1.67. The highest BCUT2D eigenvalue weighted by atomic mass is 16.3. The fraction of sp³-hybridized carbons (Fsp3) is 0.375. The molecule has 5 nitrogen and oxygen atoms in total. The minimum atomic E-state index is 0.346. The summed E-state index contributed by atoms with van der Waals surface area (Å²) in [5, 5.41) is 8.84. The summed E-state index contributed by atoms with van der Waals surface area (Å²) in [6, 6.07) is 3.36. The average Bonchev–Trinajstić information content (AvgIpc) is 2.19. The fourth-order valence-electron chi connectivity index (χ4n) is 0.860. The van der Waals surface area contributed by atoms with Crippen LogP contribution in [0.4, 0.5) is 11.5 Å². The molecule has 70 valence electrons. The van der Waals surface area contributed by atoms with Crippen molar-refractivity contribution in [1.82, 2.24) is 10.3 Å². The van der Waals surface area contributed by atoms with Crippen molar-refractivity contribution in [3.63, 3.8) is 0 Å². The maximum absolute atomic E-state index is 10.1. The molecule has 0 saturated heterocycles. The Morgan fingerprint density at radius 1 is 1.46 bits per heavy atom. The van der Waals surface area contributed by atoms with Crippen LogP contribution in [0.25, 0.3) is 0 Å². The highest BCUT2D eigenvalue weighted by Gasteiger charge is 1.93. The molecule has 1 rings (SSSR count). The van der Waals surface area contributed by atoms with Crippen LogP contribution in [0, 0.1) is 4.91 Å². The van der Waals surface area contributed by atoms with Gasteiger partial charge in [0.15, 0.2) is 0 Å². The zero-order chi connectivity index (χ0) is 9.52. The van der Waals surface area contributed by atoms with Crippen molar-refractivity contribution in [2.75, 3.05) is 25.5 Å². The Morgan fingerprint density at radius 2 is 2.31 bits per heavy atom. The molecule has 1 aromatic rings. The van der Waals surface area contributed by atoms with E-state index < -0.39 is 0 Å². The SMILES string of the molecule is CNCCNc1ccc(N=O)cn1. The maximum atomic E-state index is 10.1. The molecule has 0 spiro atoms. The molecule has 0 aliphatic heterocycles. The van der Waals surface area contributed by atoms with Gasteiger partial charge < -0.3 is 10.6 Å². The van der Waals surface area contributed by atoms with Gasteiger partial charge in [0.1, 0.15) is 11.5 Å². The molecular weight excluding hydrogens is 168 g/mol.